The van der Waals surface area contributed by atoms with Crippen LogP contribution < -0.4 is 11.1 Å². The molecule has 0 fully saturated rings. The van der Waals surface area contributed by atoms with E-state index >= 15 is 0 Å². The SMILES string of the molecule is Cc1cc(F)cc2c1C(=O)C(N)C(C)(C)N2. The van der Waals surface area contributed by atoms with Crippen LogP contribution in [0.4, 0.5) is 10.1 Å². The molecule has 4 heteroatoms. The Bertz CT molecular complexity index is 468. The summed E-state index contributed by atoms with van der Waals surface area (Å²) in [5, 5.41) is 3.11. The van der Waals surface area contributed by atoms with Gasteiger partial charge in [0.2, 0.25) is 0 Å². The smallest absolute Gasteiger partial charge is 0.184 e. The van der Waals surface area contributed by atoms with Gasteiger partial charge in [-0.2, -0.15) is 0 Å². The summed E-state index contributed by atoms with van der Waals surface area (Å²) in [6, 6.07) is 2.08. The van der Waals surface area contributed by atoms with Crippen LogP contribution in [0.5, 0.6) is 0 Å². The molecule has 1 atom stereocenters. The lowest BCUT2D eigenvalue weighted by atomic mass is 9.82. The van der Waals surface area contributed by atoms with Crippen molar-refractivity contribution in [3.05, 3.63) is 29.1 Å². The zero-order valence-corrected chi connectivity index (χ0v) is 9.60. The molecule has 0 amide bonds. The van der Waals surface area contributed by atoms with E-state index < -0.39 is 11.6 Å². The average molecular weight is 222 g/mol. The van der Waals surface area contributed by atoms with Gasteiger partial charge in [-0.25, -0.2) is 4.39 Å². The minimum absolute atomic E-state index is 0.128. The van der Waals surface area contributed by atoms with Crippen LogP contribution in [0.3, 0.4) is 0 Å². The summed E-state index contributed by atoms with van der Waals surface area (Å²) in [7, 11) is 0. The molecule has 86 valence electrons. The third-order valence-electron chi connectivity index (χ3n) is 3.06. The number of ketones is 1. The Balaban J connectivity index is 2.64. The van der Waals surface area contributed by atoms with Crippen LogP contribution in [-0.4, -0.2) is 17.4 Å². The van der Waals surface area contributed by atoms with Crippen molar-refractivity contribution in [1.29, 1.82) is 0 Å². The third kappa shape index (κ3) is 1.50. The first-order chi connectivity index (χ1) is 7.33. The van der Waals surface area contributed by atoms with Gasteiger partial charge in [0.25, 0.3) is 0 Å². The Labute approximate surface area is 93.8 Å². The quantitative estimate of drug-likeness (QED) is 0.704. The molecular formula is C12H15FN2O. The summed E-state index contributed by atoms with van der Waals surface area (Å²) in [6.07, 6.45) is 0. The van der Waals surface area contributed by atoms with Gasteiger partial charge in [0.05, 0.1) is 11.6 Å². The molecule has 3 nitrogen and oxygen atoms in total. The molecule has 0 aliphatic carbocycles. The standard InChI is InChI=1S/C12H15FN2O/c1-6-4-7(13)5-8-9(6)10(16)11(14)12(2,3)15-8/h4-5,11,15H,14H2,1-3H3. The number of carbonyl (C=O) groups is 1. The van der Waals surface area contributed by atoms with Crippen molar-refractivity contribution in [2.45, 2.75) is 32.4 Å². The van der Waals surface area contributed by atoms with Gasteiger partial charge < -0.3 is 11.1 Å². The summed E-state index contributed by atoms with van der Waals surface area (Å²) in [5.74, 6) is -0.473. The van der Waals surface area contributed by atoms with Crippen LogP contribution in [-0.2, 0) is 0 Å². The normalized spacial score (nSPS) is 22.6. The number of carbonyl (C=O) groups excluding carboxylic acids is 1. The fourth-order valence-corrected chi connectivity index (χ4v) is 2.08. The molecule has 1 aliphatic heterocycles. The number of nitrogens with one attached hydrogen (secondary N) is 1. The molecular weight excluding hydrogens is 207 g/mol. The molecule has 1 unspecified atom stereocenters. The zero-order valence-electron chi connectivity index (χ0n) is 9.60. The predicted octanol–water partition coefficient (Wildman–Crippen LogP) is 1.85. The second-order valence-electron chi connectivity index (χ2n) is 4.83. The molecule has 0 radical (unpaired) electrons. The van der Waals surface area contributed by atoms with E-state index in [1.54, 1.807) is 6.92 Å². The molecule has 0 saturated carbocycles. The summed E-state index contributed by atoms with van der Waals surface area (Å²) in [6.45, 7) is 5.38. The van der Waals surface area contributed by atoms with Crippen LogP contribution in [0.15, 0.2) is 12.1 Å². The highest BCUT2D eigenvalue weighted by Crippen LogP contribution is 2.32. The lowest BCUT2D eigenvalue weighted by Crippen LogP contribution is -2.57. The maximum atomic E-state index is 13.2. The predicted molar refractivity (Wildman–Crippen MR) is 61.1 cm³/mol. The first kappa shape index (κ1) is 11.1. The molecule has 16 heavy (non-hydrogen) atoms. The van der Waals surface area contributed by atoms with E-state index in [0.717, 1.165) is 0 Å². The zero-order chi connectivity index (χ0) is 12.1. The van der Waals surface area contributed by atoms with Crippen molar-refractivity contribution in [3.8, 4) is 0 Å². The highest BCUT2D eigenvalue weighted by molar-refractivity contribution is 6.08. The molecule has 1 aromatic carbocycles. The molecule has 0 saturated heterocycles. The highest BCUT2D eigenvalue weighted by Gasteiger charge is 2.39. The van der Waals surface area contributed by atoms with Crippen LogP contribution >= 0.6 is 0 Å². The summed E-state index contributed by atoms with van der Waals surface area (Å²) < 4.78 is 13.2. The Hall–Kier alpha value is -1.42. The van der Waals surface area contributed by atoms with Gasteiger partial charge in [-0.05, 0) is 38.5 Å². The Kier molecular flexibility index (Phi) is 2.27. The molecule has 1 heterocycles. The molecule has 1 aromatic rings. The van der Waals surface area contributed by atoms with Gasteiger partial charge in [-0.15, -0.1) is 0 Å². The Morgan fingerprint density at radius 2 is 2.06 bits per heavy atom. The fraction of sp³-hybridized carbons (Fsp3) is 0.417. The minimum Gasteiger partial charge on any atom is -0.377 e. The molecule has 0 aromatic heterocycles. The van der Waals surface area contributed by atoms with Crippen molar-refractivity contribution in [2.24, 2.45) is 5.73 Å². The molecule has 3 N–H and O–H groups in total. The molecule has 2 rings (SSSR count). The lowest BCUT2D eigenvalue weighted by molar-refractivity contribution is 0.0928. The molecule has 0 bridgehead atoms. The fourth-order valence-electron chi connectivity index (χ4n) is 2.08. The number of nitrogens with two attached hydrogens (primary N) is 1. The number of benzene rings is 1. The number of Topliss-reactive ketones (excluding diaryl/α,β-unsaturated/α-hetero) is 1. The van der Waals surface area contributed by atoms with E-state index in [1.165, 1.54) is 12.1 Å². The second-order valence-corrected chi connectivity index (χ2v) is 4.83. The highest BCUT2D eigenvalue weighted by atomic mass is 19.1. The van der Waals surface area contributed by atoms with E-state index in [2.05, 4.69) is 5.32 Å². The van der Waals surface area contributed by atoms with Crippen molar-refractivity contribution in [2.75, 3.05) is 5.32 Å². The average Bonchev–Trinajstić information content (AvgIpc) is 2.12. The number of hydrogen-bond acceptors (Lipinski definition) is 3. The van der Waals surface area contributed by atoms with Gasteiger partial charge in [0, 0.05) is 11.3 Å². The van der Waals surface area contributed by atoms with Crippen molar-refractivity contribution >= 4 is 11.5 Å². The summed E-state index contributed by atoms with van der Waals surface area (Å²) >= 11 is 0. The number of hydrogen-bond donors (Lipinski definition) is 2. The Morgan fingerprint density at radius 1 is 1.44 bits per heavy atom. The summed E-state index contributed by atoms with van der Waals surface area (Å²) in [5.41, 5.74) is 6.99. The van der Waals surface area contributed by atoms with Crippen LogP contribution in [0.2, 0.25) is 0 Å². The van der Waals surface area contributed by atoms with Gasteiger partial charge in [0.1, 0.15) is 5.82 Å². The van der Waals surface area contributed by atoms with Crippen LogP contribution in [0, 0.1) is 12.7 Å². The lowest BCUT2D eigenvalue weighted by Gasteiger charge is -2.38. The van der Waals surface area contributed by atoms with Crippen LogP contribution in [0.1, 0.15) is 29.8 Å². The van der Waals surface area contributed by atoms with E-state index in [0.29, 0.717) is 16.8 Å². The van der Waals surface area contributed by atoms with Crippen LogP contribution in [0.25, 0.3) is 0 Å². The van der Waals surface area contributed by atoms with Crippen molar-refractivity contribution in [3.63, 3.8) is 0 Å². The number of aryl methyl sites for hydroxylation is 1. The Morgan fingerprint density at radius 3 is 2.69 bits per heavy atom. The second kappa shape index (κ2) is 3.28. The number of anilines is 1. The largest absolute Gasteiger partial charge is 0.377 e. The van der Waals surface area contributed by atoms with E-state index in [-0.39, 0.29) is 11.6 Å². The minimum atomic E-state index is -0.607. The van der Waals surface area contributed by atoms with E-state index in [9.17, 15) is 9.18 Å². The number of fused-ring (bicyclic) bond motifs is 1. The van der Waals surface area contributed by atoms with Crippen molar-refractivity contribution < 1.29 is 9.18 Å². The van der Waals surface area contributed by atoms with E-state index in [1.807, 2.05) is 13.8 Å². The first-order valence-corrected chi connectivity index (χ1v) is 5.21. The topological polar surface area (TPSA) is 55.1 Å². The third-order valence-corrected chi connectivity index (χ3v) is 3.06. The number of halogens is 1. The number of rotatable bonds is 0. The maximum Gasteiger partial charge on any atom is 0.184 e. The van der Waals surface area contributed by atoms with Gasteiger partial charge in [-0.1, -0.05) is 0 Å². The first-order valence-electron chi connectivity index (χ1n) is 5.21. The van der Waals surface area contributed by atoms with Gasteiger partial charge in [-0.3, -0.25) is 4.79 Å². The summed E-state index contributed by atoms with van der Waals surface area (Å²) in [4.78, 5) is 12.1. The maximum absolute atomic E-state index is 13.2. The van der Waals surface area contributed by atoms with Gasteiger partial charge >= 0.3 is 0 Å². The monoisotopic (exact) mass is 222 g/mol. The van der Waals surface area contributed by atoms with E-state index in [4.69, 9.17) is 5.73 Å². The van der Waals surface area contributed by atoms with Gasteiger partial charge in [0.15, 0.2) is 5.78 Å². The molecule has 0 spiro atoms. The van der Waals surface area contributed by atoms with Crippen molar-refractivity contribution in [1.82, 2.24) is 0 Å². The molecule has 1 aliphatic rings.